The van der Waals surface area contributed by atoms with Crippen molar-refractivity contribution < 1.29 is 4.39 Å². The summed E-state index contributed by atoms with van der Waals surface area (Å²) in [6.07, 6.45) is 0. The first-order valence-electron chi connectivity index (χ1n) is 3.67. The van der Waals surface area contributed by atoms with Gasteiger partial charge in [0.1, 0.15) is 5.82 Å². The average molecular weight is 214 g/mol. The second-order valence-corrected chi connectivity index (χ2v) is 3.01. The molecular weight excluding hydrogens is 209 g/mol. The van der Waals surface area contributed by atoms with Crippen molar-refractivity contribution >= 4 is 17.5 Å². The van der Waals surface area contributed by atoms with E-state index in [9.17, 15) is 4.39 Å². The molecule has 0 radical (unpaired) electrons. The number of anilines is 1. The number of aromatic nitrogens is 4. The topological polar surface area (TPSA) is 69.6 Å². The molecule has 2 aromatic rings. The molecule has 1 heterocycles. The minimum Gasteiger partial charge on any atom is -0.366 e. The summed E-state index contributed by atoms with van der Waals surface area (Å²) in [6, 6.07) is 3.93. The Morgan fingerprint density at radius 3 is 2.71 bits per heavy atom. The molecule has 1 aromatic heterocycles. The molecule has 0 saturated carbocycles. The maximum absolute atomic E-state index is 12.9. The first-order valence-corrected chi connectivity index (χ1v) is 4.05. The highest BCUT2D eigenvalue weighted by Gasteiger charge is 2.06. The van der Waals surface area contributed by atoms with Gasteiger partial charge in [0.2, 0.25) is 5.95 Å². The Kier molecular flexibility index (Phi) is 2.05. The number of benzene rings is 1. The van der Waals surface area contributed by atoms with Gasteiger partial charge in [0.25, 0.3) is 0 Å². The Morgan fingerprint density at radius 1 is 1.36 bits per heavy atom. The van der Waals surface area contributed by atoms with Crippen molar-refractivity contribution in [1.82, 2.24) is 20.2 Å². The first kappa shape index (κ1) is 8.89. The Balaban J connectivity index is 2.57. The molecule has 14 heavy (non-hydrogen) atoms. The van der Waals surface area contributed by atoms with Crippen molar-refractivity contribution in [2.45, 2.75) is 0 Å². The molecule has 0 saturated heterocycles. The molecule has 0 bridgehead atoms. The number of nitrogens with two attached hydrogens (primary N) is 1. The quantitative estimate of drug-likeness (QED) is 0.768. The summed E-state index contributed by atoms with van der Waals surface area (Å²) in [4.78, 5) is 0. The highest BCUT2D eigenvalue weighted by atomic mass is 35.5. The van der Waals surface area contributed by atoms with Gasteiger partial charge in [0.15, 0.2) is 0 Å². The van der Waals surface area contributed by atoms with E-state index >= 15 is 0 Å². The molecule has 7 heteroatoms. The fraction of sp³-hybridized carbons (Fsp3) is 0. The van der Waals surface area contributed by atoms with Crippen LogP contribution in [0.25, 0.3) is 5.69 Å². The fourth-order valence-corrected chi connectivity index (χ4v) is 1.26. The third-order valence-corrected chi connectivity index (χ3v) is 1.80. The summed E-state index contributed by atoms with van der Waals surface area (Å²) in [5.41, 5.74) is 5.82. The third kappa shape index (κ3) is 1.51. The van der Waals surface area contributed by atoms with Crippen molar-refractivity contribution in [2.75, 3.05) is 5.73 Å². The summed E-state index contributed by atoms with van der Waals surface area (Å²) >= 11 is 5.66. The minimum atomic E-state index is -0.470. The second-order valence-electron chi connectivity index (χ2n) is 2.58. The molecule has 1 aromatic carbocycles. The lowest BCUT2D eigenvalue weighted by molar-refractivity contribution is 0.625. The zero-order chi connectivity index (χ0) is 10.1. The molecule has 0 spiro atoms. The van der Waals surface area contributed by atoms with E-state index in [-0.39, 0.29) is 11.0 Å². The Morgan fingerprint density at radius 2 is 2.14 bits per heavy atom. The molecule has 2 N–H and O–H groups in total. The van der Waals surface area contributed by atoms with Gasteiger partial charge in [-0.2, -0.15) is 4.68 Å². The maximum atomic E-state index is 12.9. The van der Waals surface area contributed by atoms with Crippen LogP contribution in [0.2, 0.25) is 5.02 Å². The van der Waals surface area contributed by atoms with Crippen LogP contribution in [-0.2, 0) is 0 Å². The summed E-state index contributed by atoms with van der Waals surface area (Å²) in [7, 11) is 0. The first-order chi connectivity index (χ1) is 6.66. The van der Waals surface area contributed by atoms with Crippen molar-refractivity contribution in [2.24, 2.45) is 0 Å². The van der Waals surface area contributed by atoms with Crippen LogP contribution in [0.4, 0.5) is 10.3 Å². The second kappa shape index (κ2) is 3.22. The number of nitrogen functional groups attached to an aromatic ring is 1. The van der Waals surface area contributed by atoms with E-state index in [1.165, 1.54) is 22.9 Å². The van der Waals surface area contributed by atoms with Crippen LogP contribution < -0.4 is 5.73 Å². The van der Waals surface area contributed by atoms with Gasteiger partial charge < -0.3 is 5.73 Å². The fourth-order valence-electron chi connectivity index (χ4n) is 1.04. The van der Waals surface area contributed by atoms with E-state index in [1.807, 2.05) is 0 Å². The lowest BCUT2D eigenvalue weighted by Crippen LogP contribution is -2.02. The number of tetrazole rings is 1. The lowest BCUT2D eigenvalue weighted by Gasteiger charge is -2.01. The van der Waals surface area contributed by atoms with Gasteiger partial charge in [-0.1, -0.05) is 16.7 Å². The monoisotopic (exact) mass is 213 g/mol. The molecule has 2 rings (SSSR count). The normalized spacial score (nSPS) is 10.4. The van der Waals surface area contributed by atoms with Gasteiger partial charge >= 0.3 is 0 Å². The summed E-state index contributed by atoms with van der Waals surface area (Å²) in [5, 5.41) is 10.6. The van der Waals surface area contributed by atoms with Gasteiger partial charge in [0.05, 0.1) is 5.69 Å². The smallest absolute Gasteiger partial charge is 0.245 e. The molecule has 0 amide bonds. The van der Waals surface area contributed by atoms with Gasteiger partial charge in [0, 0.05) is 5.02 Å². The van der Waals surface area contributed by atoms with Crippen LogP contribution >= 0.6 is 11.6 Å². The van der Waals surface area contributed by atoms with Gasteiger partial charge in [-0.15, -0.1) is 0 Å². The molecule has 5 nitrogen and oxygen atoms in total. The Hall–Kier alpha value is -1.69. The van der Waals surface area contributed by atoms with Crippen LogP contribution in [0, 0.1) is 5.82 Å². The number of halogens is 2. The van der Waals surface area contributed by atoms with Crippen LogP contribution in [-0.4, -0.2) is 20.2 Å². The van der Waals surface area contributed by atoms with Crippen LogP contribution in [0.5, 0.6) is 0 Å². The largest absolute Gasteiger partial charge is 0.366 e. The molecule has 0 aliphatic carbocycles. The Bertz CT molecular complexity index is 449. The van der Waals surface area contributed by atoms with Crippen LogP contribution in [0.1, 0.15) is 0 Å². The molecule has 0 aliphatic heterocycles. The number of rotatable bonds is 1. The zero-order valence-corrected chi connectivity index (χ0v) is 7.61. The predicted octanol–water partition coefficient (Wildman–Crippen LogP) is 1.04. The molecule has 0 fully saturated rings. The molecule has 0 aliphatic rings. The highest BCUT2D eigenvalue weighted by molar-refractivity contribution is 6.30. The van der Waals surface area contributed by atoms with E-state index in [0.717, 1.165) is 0 Å². The number of hydrogen-bond acceptors (Lipinski definition) is 4. The van der Waals surface area contributed by atoms with E-state index in [0.29, 0.717) is 5.69 Å². The molecular formula is C7H5ClFN5. The Labute approximate surface area is 83.3 Å². The number of hydrogen-bond donors (Lipinski definition) is 1. The predicted molar refractivity (Wildman–Crippen MR) is 48.5 cm³/mol. The summed E-state index contributed by atoms with van der Waals surface area (Å²) in [5.74, 6) is -0.394. The zero-order valence-electron chi connectivity index (χ0n) is 6.85. The van der Waals surface area contributed by atoms with Crippen molar-refractivity contribution in [1.29, 1.82) is 0 Å². The van der Waals surface area contributed by atoms with Crippen molar-refractivity contribution in [3.63, 3.8) is 0 Å². The average Bonchev–Trinajstić information content (AvgIpc) is 2.49. The molecule has 0 unspecified atom stereocenters. The minimum absolute atomic E-state index is 0.0756. The maximum Gasteiger partial charge on any atom is 0.245 e. The van der Waals surface area contributed by atoms with Crippen molar-refractivity contribution in [3.8, 4) is 5.69 Å². The summed E-state index contributed by atoms with van der Waals surface area (Å²) in [6.45, 7) is 0. The molecule has 72 valence electrons. The van der Waals surface area contributed by atoms with Crippen LogP contribution in [0.3, 0.4) is 0 Å². The lowest BCUT2D eigenvalue weighted by atomic mass is 10.3. The molecule has 0 atom stereocenters. The van der Waals surface area contributed by atoms with Crippen molar-refractivity contribution in [3.05, 3.63) is 29.0 Å². The van der Waals surface area contributed by atoms with Gasteiger partial charge in [-0.05, 0) is 28.6 Å². The van der Waals surface area contributed by atoms with E-state index in [1.54, 1.807) is 0 Å². The standard InChI is InChI=1S/C7H5ClFN5/c8-4-1-5(9)3-6(2-4)14-7(10)11-12-13-14/h1-3H,(H2,10,11,13). The highest BCUT2D eigenvalue weighted by Crippen LogP contribution is 2.17. The van der Waals surface area contributed by atoms with E-state index < -0.39 is 5.82 Å². The van der Waals surface area contributed by atoms with E-state index in [4.69, 9.17) is 17.3 Å². The number of nitrogens with zero attached hydrogens (tertiary/aromatic N) is 4. The van der Waals surface area contributed by atoms with Crippen LogP contribution in [0.15, 0.2) is 18.2 Å². The SMILES string of the molecule is Nc1nnnn1-c1cc(F)cc(Cl)c1. The van der Waals surface area contributed by atoms with Gasteiger partial charge in [-0.25, -0.2) is 4.39 Å². The third-order valence-electron chi connectivity index (χ3n) is 1.59. The van der Waals surface area contributed by atoms with E-state index in [2.05, 4.69) is 15.5 Å². The van der Waals surface area contributed by atoms with Gasteiger partial charge in [-0.3, -0.25) is 0 Å². The summed E-state index contributed by atoms with van der Waals surface area (Å²) < 4.78 is 14.1.